The minimum absolute atomic E-state index is 0.121. The van der Waals surface area contributed by atoms with Crippen LogP contribution in [0.2, 0.25) is 0 Å². The monoisotopic (exact) mass is 309 g/mol. The Morgan fingerprint density at radius 2 is 1.77 bits per heavy atom. The number of aliphatic hydroxyl groups is 1. The Kier molecular flexibility index (Phi) is 3.73. The third kappa shape index (κ3) is 2.43. The van der Waals surface area contributed by atoms with Crippen LogP contribution in [-0.4, -0.2) is 16.8 Å². The molecule has 0 aromatic heterocycles. The molecular formula is C8H9Br2NO2. The van der Waals surface area contributed by atoms with E-state index in [1.165, 1.54) is 0 Å². The Morgan fingerprint density at radius 1 is 1.31 bits per heavy atom. The molecule has 5 heteroatoms. The molecule has 0 heterocycles. The number of phenolic OH excluding ortho intramolecular Hbond substituents is 1. The van der Waals surface area contributed by atoms with E-state index in [0.717, 1.165) is 5.56 Å². The number of nitrogens with two attached hydrogens (primary N) is 1. The molecule has 1 atom stereocenters. The summed E-state index contributed by atoms with van der Waals surface area (Å²) in [7, 11) is 0. The molecule has 0 saturated heterocycles. The van der Waals surface area contributed by atoms with E-state index in [4.69, 9.17) is 10.8 Å². The number of aromatic hydroxyl groups is 1. The number of rotatable bonds is 2. The molecule has 1 aromatic carbocycles. The third-order valence-electron chi connectivity index (χ3n) is 1.66. The van der Waals surface area contributed by atoms with Gasteiger partial charge in [0, 0.05) is 0 Å². The lowest BCUT2D eigenvalue weighted by Crippen LogP contribution is -2.14. The fourth-order valence-electron chi connectivity index (χ4n) is 0.905. The Balaban J connectivity index is 3.13. The van der Waals surface area contributed by atoms with Crippen molar-refractivity contribution in [2.45, 2.75) is 6.04 Å². The summed E-state index contributed by atoms with van der Waals surface area (Å²) in [4.78, 5) is 0. The van der Waals surface area contributed by atoms with E-state index in [1.807, 2.05) is 0 Å². The van der Waals surface area contributed by atoms with Gasteiger partial charge < -0.3 is 15.9 Å². The molecule has 0 aliphatic carbocycles. The molecule has 4 N–H and O–H groups in total. The van der Waals surface area contributed by atoms with Crippen LogP contribution >= 0.6 is 31.9 Å². The fraction of sp³-hybridized carbons (Fsp3) is 0.250. The first-order valence-corrected chi connectivity index (χ1v) is 5.19. The summed E-state index contributed by atoms with van der Waals surface area (Å²) in [5, 5.41) is 18.2. The quantitative estimate of drug-likeness (QED) is 0.782. The normalized spacial score (nSPS) is 12.9. The van der Waals surface area contributed by atoms with Crippen molar-refractivity contribution >= 4 is 31.9 Å². The van der Waals surface area contributed by atoms with E-state index in [9.17, 15) is 5.11 Å². The van der Waals surface area contributed by atoms with Gasteiger partial charge >= 0.3 is 0 Å². The van der Waals surface area contributed by atoms with Crippen LogP contribution in [0, 0.1) is 0 Å². The van der Waals surface area contributed by atoms with Crippen LogP contribution in [0.25, 0.3) is 0 Å². The molecule has 0 aliphatic rings. The van der Waals surface area contributed by atoms with Gasteiger partial charge in [0.2, 0.25) is 0 Å². The smallest absolute Gasteiger partial charge is 0.143 e. The van der Waals surface area contributed by atoms with Crippen LogP contribution in [0.4, 0.5) is 0 Å². The number of hydrogen-bond acceptors (Lipinski definition) is 3. The lowest BCUT2D eigenvalue weighted by Gasteiger charge is -2.10. The van der Waals surface area contributed by atoms with Gasteiger partial charge in [0.1, 0.15) is 5.75 Å². The van der Waals surface area contributed by atoms with E-state index in [-0.39, 0.29) is 12.4 Å². The molecule has 1 aromatic rings. The van der Waals surface area contributed by atoms with Crippen LogP contribution in [0.3, 0.4) is 0 Å². The minimum atomic E-state index is -0.423. The van der Waals surface area contributed by atoms with E-state index < -0.39 is 6.04 Å². The van der Waals surface area contributed by atoms with Crippen LogP contribution in [0.5, 0.6) is 5.75 Å². The maximum absolute atomic E-state index is 9.39. The van der Waals surface area contributed by atoms with Crippen molar-refractivity contribution in [3.63, 3.8) is 0 Å². The van der Waals surface area contributed by atoms with Crippen molar-refractivity contribution in [1.82, 2.24) is 0 Å². The number of hydrogen-bond donors (Lipinski definition) is 3. The second kappa shape index (κ2) is 4.41. The molecule has 72 valence electrons. The zero-order valence-corrected chi connectivity index (χ0v) is 9.84. The summed E-state index contributed by atoms with van der Waals surface area (Å²) in [6.45, 7) is -0.121. The SMILES string of the molecule is N[C@H](CO)c1cc(Br)c(O)c(Br)c1. The van der Waals surface area contributed by atoms with E-state index >= 15 is 0 Å². The zero-order chi connectivity index (χ0) is 10.0. The zero-order valence-electron chi connectivity index (χ0n) is 6.67. The molecule has 0 bridgehead atoms. The number of halogens is 2. The largest absolute Gasteiger partial charge is 0.506 e. The maximum Gasteiger partial charge on any atom is 0.143 e. The molecule has 0 saturated carbocycles. The second-order valence-corrected chi connectivity index (χ2v) is 4.33. The topological polar surface area (TPSA) is 66.5 Å². The van der Waals surface area contributed by atoms with Crippen molar-refractivity contribution in [2.24, 2.45) is 5.73 Å². The van der Waals surface area contributed by atoms with Crippen molar-refractivity contribution in [3.8, 4) is 5.75 Å². The van der Waals surface area contributed by atoms with E-state index in [1.54, 1.807) is 12.1 Å². The predicted octanol–water partition coefficient (Wildman–Crippen LogP) is 1.91. The summed E-state index contributed by atoms with van der Waals surface area (Å²) in [5.41, 5.74) is 6.37. The van der Waals surface area contributed by atoms with Crippen LogP contribution in [-0.2, 0) is 0 Å². The van der Waals surface area contributed by atoms with Crippen LogP contribution in [0.1, 0.15) is 11.6 Å². The molecule has 0 fully saturated rings. The number of aliphatic hydroxyl groups excluding tert-OH is 1. The Bertz CT molecular complexity index is 294. The first-order valence-electron chi connectivity index (χ1n) is 3.60. The first-order chi connectivity index (χ1) is 6.06. The summed E-state index contributed by atoms with van der Waals surface area (Å²) >= 11 is 6.35. The second-order valence-electron chi connectivity index (χ2n) is 2.62. The van der Waals surface area contributed by atoms with Gasteiger partial charge in [-0.15, -0.1) is 0 Å². The highest BCUT2D eigenvalue weighted by atomic mass is 79.9. The van der Waals surface area contributed by atoms with Gasteiger partial charge in [0.25, 0.3) is 0 Å². The standard InChI is InChI=1S/C8H9Br2NO2/c9-5-1-4(7(11)3-12)2-6(10)8(5)13/h1-2,7,12-13H,3,11H2/t7-/m1/s1. The van der Waals surface area contributed by atoms with Crippen molar-refractivity contribution < 1.29 is 10.2 Å². The highest BCUT2D eigenvalue weighted by Gasteiger charge is 2.10. The minimum Gasteiger partial charge on any atom is -0.506 e. The lowest BCUT2D eigenvalue weighted by molar-refractivity contribution is 0.268. The van der Waals surface area contributed by atoms with Gasteiger partial charge in [-0.25, -0.2) is 0 Å². The fourth-order valence-corrected chi connectivity index (χ4v) is 2.13. The predicted molar refractivity (Wildman–Crippen MR) is 57.5 cm³/mol. The van der Waals surface area contributed by atoms with Gasteiger partial charge in [-0.3, -0.25) is 0 Å². The first kappa shape index (κ1) is 11.0. The van der Waals surface area contributed by atoms with Gasteiger partial charge in [0.15, 0.2) is 0 Å². The number of phenols is 1. The maximum atomic E-state index is 9.39. The van der Waals surface area contributed by atoms with Crippen molar-refractivity contribution in [1.29, 1.82) is 0 Å². The van der Waals surface area contributed by atoms with Gasteiger partial charge in [-0.1, -0.05) is 0 Å². The summed E-state index contributed by atoms with van der Waals surface area (Å²) in [6, 6.07) is 2.94. The number of benzene rings is 1. The van der Waals surface area contributed by atoms with E-state index in [0.29, 0.717) is 8.95 Å². The lowest BCUT2D eigenvalue weighted by atomic mass is 10.1. The average Bonchev–Trinajstić information content (AvgIpc) is 2.12. The summed E-state index contributed by atoms with van der Waals surface area (Å²) in [6.07, 6.45) is 0. The van der Waals surface area contributed by atoms with Crippen LogP contribution < -0.4 is 5.73 Å². The molecule has 1 rings (SSSR count). The highest BCUT2D eigenvalue weighted by Crippen LogP contribution is 2.34. The summed E-state index contributed by atoms with van der Waals surface area (Å²) < 4.78 is 1.11. The highest BCUT2D eigenvalue weighted by molar-refractivity contribution is 9.11. The van der Waals surface area contributed by atoms with Crippen LogP contribution in [0.15, 0.2) is 21.1 Å². The molecule has 13 heavy (non-hydrogen) atoms. The molecule has 0 radical (unpaired) electrons. The van der Waals surface area contributed by atoms with Gasteiger partial charge in [-0.05, 0) is 49.6 Å². The molecule has 0 unspecified atom stereocenters. The Labute approximate surface area is 92.8 Å². The Hall–Kier alpha value is -0.100. The van der Waals surface area contributed by atoms with Crippen molar-refractivity contribution in [3.05, 3.63) is 26.6 Å². The molecule has 0 amide bonds. The molecule has 0 spiro atoms. The molecule has 0 aliphatic heterocycles. The average molecular weight is 311 g/mol. The Morgan fingerprint density at radius 3 is 2.15 bits per heavy atom. The molecule has 3 nitrogen and oxygen atoms in total. The van der Waals surface area contributed by atoms with Gasteiger partial charge in [0.05, 0.1) is 21.6 Å². The van der Waals surface area contributed by atoms with Gasteiger partial charge in [-0.2, -0.15) is 0 Å². The molecular weight excluding hydrogens is 302 g/mol. The summed E-state index contributed by atoms with van der Waals surface area (Å²) in [5.74, 6) is 0.133. The van der Waals surface area contributed by atoms with E-state index in [2.05, 4.69) is 31.9 Å². The third-order valence-corrected chi connectivity index (χ3v) is 2.87. The van der Waals surface area contributed by atoms with Crippen molar-refractivity contribution in [2.75, 3.05) is 6.61 Å².